The summed E-state index contributed by atoms with van der Waals surface area (Å²) in [4.78, 5) is 22.4. The molecule has 0 fully saturated rings. The number of nitro groups is 1. The van der Waals surface area contributed by atoms with Crippen LogP contribution in [0.3, 0.4) is 0 Å². The van der Waals surface area contributed by atoms with Crippen LogP contribution in [-0.2, 0) is 9.84 Å². The zero-order chi connectivity index (χ0) is 19.3. The number of carbonyl (C=O) groups is 1. The lowest BCUT2D eigenvalue weighted by Crippen LogP contribution is -2.13. The number of halogens is 1. The average molecular weight is 399 g/mol. The first kappa shape index (κ1) is 19.7. The highest BCUT2D eigenvalue weighted by Crippen LogP contribution is 2.24. The Morgan fingerprint density at radius 3 is 2.62 bits per heavy atom. The van der Waals surface area contributed by atoms with Crippen molar-refractivity contribution in [1.82, 2.24) is 0 Å². The second-order valence-corrected chi connectivity index (χ2v) is 8.05. The van der Waals surface area contributed by atoms with Crippen molar-refractivity contribution in [3.8, 4) is 5.75 Å². The molecule has 0 saturated carbocycles. The van der Waals surface area contributed by atoms with E-state index >= 15 is 0 Å². The van der Waals surface area contributed by atoms with Gasteiger partial charge >= 0.3 is 0 Å². The molecule has 2 rings (SSSR count). The maximum Gasteiger partial charge on any atom is 0.270 e. The molecule has 0 saturated heterocycles. The molecular weight excluding hydrogens is 384 g/mol. The highest BCUT2D eigenvalue weighted by molar-refractivity contribution is 7.90. The largest absolute Gasteiger partial charge is 0.492 e. The van der Waals surface area contributed by atoms with E-state index in [2.05, 4.69) is 5.32 Å². The number of nitro benzene ring substituents is 1. The van der Waals surface area contributed by atoms with Crippen molar-refractivity contribution in [2.24, 2.45) is 0 Å². The van der Waals surface area contributed by atoms with Gasteiger partial charge in [-0.1, -0.05) is 17.7 Å². The molecule has 0 atom stereocenters. The molecule has 0 aliphatic rings. The molecule has 26 heavy (non-hydrogen) atoms. The van der Waals surface area contributed by atoms with E-state index in [0.717, 1.165) is 12.3 Å². The lowest BCUT2D eigenvalue weighted by atomic mass is 10.2. The number of ether oxygens (including phenoxy) is 1. The number of hydrogen-bond acceptors (Lipinski definition) is 6. The molecule has 0 spiro atoms. The summed E-state index contributed by atoms with van der Waals surface area (Å²) in [7, 11) is -3.13. The Morgan fingerprint density at radius 2 is 2.00 bits per heavy atom. The first-order valence-electron chi connectivity index (χ1n) is 7.31. The molecule has 0 aliphatic carbocycles. The molecule has 0 bridgehead atoms. The van der Waals surface area contributed by atoms with Crippen LogP contribution < -0.4 is 10.1 Å². The quantitative estimate of drug-likeness (QED) is 0.566. The van der Waals surface area contributed by atoms with Crippen LogP contribution in [0.5, 0.6) is 5.75 Å². The van der Waals surface area contributed by atoms with Gasteiger partial charge in [-0.3, -0.25) is 14.9 Å². The number of hydrogen-bond donors (Lipinski definition) is 1. The Bertz CT molecular complexity index is 946. The van der Waals surface area contributed by atoms with E-state index in [0.29, 0.717) is 11.4 Å². The molecule has 10 heteroatoms. The van der Waals surface area contributed by atoms with E-state index in [9.17, 15) is 23.3 Å². The van der Waals surface area contributed by atoms with Gasteiger partial charge in [0.1, 0.15) is 12.4 Å². The zero-order valence-corrected chi connectivity index (χ0v) is 15.2. The third-order valence-electron chi connectivity index (χ3n) is 3.22. The molecule has 0 radical (unpaired) electrons. The van der Waals surface area contributed by atoms with Crippen molar-refractivity contribution in [3.05, 3.63) is 63.2 Å². The van der Waals surface area contributed by atoms with Crippen LogP contribution in [0.25, 0.3) is 0 Å². The van der Waals surface area contributed by atoms with Gasteiger partial charge in [-0.15, -0.1) is 0 Å². The van der Waals surface area contributed by atoms with Gasteiger partial charge in [0, 0.05) is 30.1 Å². The summed E-state index contributed by atoms with van der Waals surface area (Å²) in [5.74, 6) is -0.276. The topological polar surface area (TPSA) is 116 Å². The minimum Gasteiger partial charge on any atom is -0.492 e. The smallest absolute Gasteiger partial charge is 0.270 e. The Morgan fingerprint density at radius 1 is 1.27 bits per heavy atom. The molecule has 1 N–H and O–H groups in total. The van der Waals surface area contributed by atoms with E-state index in [1.54, 1.807) is 18.2 Å². The molecule has 138 valence electrons. The van der Waals surface area contributed by atoms with Gasteiger partial charge < -0.3 is 10.1 Å². The van der Waals surface area contributed by atoms with Crippen molar-refractivity contribution in [2.45, 2.75) is 0 Å². The number of nitrogens with zero attached hydrogens (tertiary/aromatic N) is 1. The molecule has 8 nitrogen and oxygen atoms in total. The summed E-state index contributed by atoms with van der Waals surface area (Å²) in [6.45, 7) is -0.00951. The van der Waals surface area contributed by atoms with Crippen LogP contribution in [0.2, 0.25) is 5.02 Å². The van der Waals surface area contributed by atoms with Crippen LogP contribution in [0.4, 0.5) is 11.4 Å². The van der Waals surface area contributed by atoms with Crippen molar-refractivity contribution in [3.63, 3.8) is 0 Å². The predicted octanol–water partition coefficient (Wildman–Crippen LogP) is 2.92. The fourth-order valence-corrected chi connectivity index (χ4v) is 2.62. The fraction of sp³-hybridized carbons (Fsp3) is 0.188. The highest BCUT2D eigenvalue weighted by Gasteiger charge is 2.15. The molecule has 2 aromatic carbocycles. The molecule has 2 aromatic rings. The van der Waals surface area contributed by atoms with Crippen molar-refractivity contribution in [2.75, 3.05) is 23.9 Å². The monoisotopic (exact) mass is 398 g/mol. The van der Waals surface area contributed by atoms with Gasteiger partial charge in [-0.25, -0.2) is 8.42 Å². The molecule has 1 amide bonds. The number of carbonyl (C=O) groups excluding carboxylic acids is 1. The van der Waals surface area contributed by atoms with E-state index in [4.69, 9.17) is 16.3 Å². The summed E-state index contributed by atoms with van der Waals surface area (Å²) in [6.07, 6.45) is 1.11. The van der Waals surface area contributed by atoms with E-state index < -0.39 is 20.7 Å². The Hall–Kier alpha value is -2.65. The number of sulfone groups is 1. The summed E-state index contributed by atoms with van der Waals surface area (Å²) in [5.41, 5.74) is 0.273. The maximum atomic E-state index is 12.3. The normalized spacial score (nSPS) is 11.0. The van der Waals surface area contributed by atoms with Gasteiger partial charge in [0.25, 0.3) is 11.6 Å². The van der Waals surface area contributed by atoms with Crippen molar-refractivity contribution >= 4 is 38.7 Å². The summed E-state index contributed by atoms with van der Waals surface area (Å²) in [6, 6.07) is 9.94. The highest BCUT2D eigenvalue weighted by atomic mass is 35.5. The van der Waals surface area contributed by atoms with Crippen LogP contribution in [0.15, 0.2) is 42.5 Å². The SMILES string of the molecule is CS(=O)(=O)CCOc1cccc(NC(=O)c2ccc([N+](=O)[O-])cc2Cl)c1. The van der Waals surface area contributed by atoms with E-state index in [-0.39, 0.29) is 28.6 Å². The number of non-ortho nitro benzene ring substituents is 1. The van der Waals surface area contributed by atoms with E-state index in [1.807, 2.05) is 0 Å². The molecule has 0 aliphatic heterocycles. The number of amides is 1. The minimum atomic E-state index is -3.13. The summed E-state index contributed by atoms with van der Waals surface area (Å²) in [5, 5.41) is 13.3. The first-order chi connectivity index (χ1) is 12.2. The second-order valence-electron chi connectivity index (χ2n) is 5.38. The Kier molecular flexibility index (Phi) is 6.17. The lowest BCUT2D eigenvalue weighted by Gasteiger charge is -2.09. The third-order valence-corrected chi connectivity index (χ3v) is 4.44. The van der Waals surface area contributed by atoms with Gasteiger partial charge in [0.15, 0.2) is 9.84 Å². The van der Waals surface area contributed by atoms with Crippen LogP contribution in [0.1, 0.15) is 10.4 Å². The zero-order valence-electron chi connectivity index (χ0n) is 13.6. The van der Waals surface area contributed by atoms with Gasteiger partial charge in [-0.2, -0.15) is 0 Å². The van der Waals surface area contributed by atoms with E-state index in [1.165, 1.54) is 18.2 Å². The van der Waals surface area contributed by atoms with Crippen LogP contribution in [-0.4, -0.2) is 37.9 Å². The Balaban J connectivity index is 2.07. The summed E-state index contributed by atoms with van der Waals surface area (Å²) < 4.78 is 27.5. The second kappa shape index (κ2) is 8.15. The van der Waals surface area contributed by atoms with Crippen LogP contribution in [0, 0.1) is 10.1 Å². The molecule has 0 heterocycles. The number of anilines is 1. The lowest BCUT2D eigenvalue weighted by molar-refractivity contribution is -0.384. The summed E-state index contributed by atoms with van der Waals surface area (Å²) >= 11 is 5.93. The number of benzene rings is 2. The standard InChI is InChI=1S/C16H15ClN2O6S/c1-26(23,24)8-7-25-13-4-2-3-11(9-13)18-16(20)14-6-5-12(19(21)22)10-15(14)17/h2-6,9-10H,7-8H2,1H3,(H,18,20). The van der Waals surface area contributed by atoms with Gasteiger partial charge in [0.2, 0.25) is 0 Å². The van der Waals surface area contributed by atoms with Crippen molar-refractivity contribution < 1.29 is 22.9 Å². The molecular formula is C16H15ClN2O6S. The van der Waals surface area contributed by atoms with Crippen molar-refractivity contribution in [1.29, 1.82) is 0 Å². The predicted molar refractivity (Wildman–Crippen MR) is 97.7 cm³/mol. The molecule has 0 aromatic heterocycles. The third kappa shape index (κ3) is 5.71. The number of rotatable bonds is 7. The first-order valence-corrected chi connectivity index (χ1v) is 9.75. The number of nitrogens with one attached hydrogen (secondary N) is 1. The average Bonchev–Trinajstić information content (AvgIpc) is 2.53. The van der Waals surface area contributed by atoms with Gasteiger partial charge in [0.05, 0.1) is 21.3 Å². The Labute approximate surface area is 154 Å². The van der Waals surface area contributed by atoms with Gasteiger partial charge in [-0.05, 0) is 18.2 Å². The van der Waals surface area contributed by atoms with Crippen LogP contribution >= 0.6 is 11.6 Å². The minimum absolute atomic E-state index is 0.00951. The maximum absolute atomic E-state index is 12.3. The fourth-order valence-electron chi connectivity index (χ4n) is 1.97. The molecule has 0 unspecified atom stereocenters.